The molecule has 2 rings (SSSR count). The molecule has 0 aliphatic carbocycles. The molecule has 2 aromatic carbocycles. The molecule has 5 heteroatoms. The molecule has 0 saturated heterocycles. The van der Waals surface area contributed by atoms with E-state index in [0.717, 1.165) is 5.75 Å². The van der Waals surface area contributed by atoms with Gasteiger partial charge in [0.05, 0.1) is 25.2 Å². The summed E-state index contributed by atoms with van der Waals surface area (Å²) in [6.45, 7) is 0.232. The normalized spacial score (nSPS) is 10.0. The molecular weight excluding hydrogens is 292 g/mol. The molecule has 0 amide bonds. The number of halogens is 1. The molecule has 0 aromatic heterocycles. The summed E-state index contributed by atoms with van der Waals surface area (Å²) in [5, 5.41) is 0.405. The van der Waals surface area contributed by atoms with Crippen LogP contribution in [0.25, 0.3) is 0 Å². The fourth-order valence-corrected chi connectivity index (χ4v) is 1.80. The standard InChI is InChI=1S/C16H15ClO4/c1-19-12-6-8-13(9-7-12)20-11-10-16(18)21-15-5-3-2-4-14(15)17/h2-9H,10-11H2,1H3. The minimum absolute atomic E-state index is 0.136. The second-order valence-electron chi connectivity index (χ2n) is 4.18. The number of benzene rings is 2. The Balaban J connectivity index is 1.77. The van der Waals surface area contributed by atoms with Crippen molar-refractivity contribution >= 4 is 17.6 Å². The largest absolute Gasteiger partial charge is 0.497 e. The summed E-state index contributed by atoms with van der Waals surface area (Å²) in [6.07, 6.45) is 0.136. The molecule has 0 saturated carbocycles. The van der Waals surface area contributed by atoms with Crippen molar-refractivity contribution in [3.63, 3.8) is 0 Å². The van der Waals surface area contributed by atoms with Gasteiger partial charge in [0.25, 0.3) is 0 Å². The Kier molecular flexibility index (Phi) is 5.46. The lowest BCUT2D eigenvalue weighted by molar-refractivity contribution is -0.134. The summed E-state index contributed by atoms with van der Waals surface area (Å²) in [5.74, 6) is 1.38. The van der Waals surface area contributed by atoms with Crippen molar-refractivity contribution in [2.75, 3.05) is 13.7 Å². The van der Waals surface area contributed by atoms with Gasteiger partial charge >= 0.3 is 5.97 Å². The van der Waals surface area contributed by atoms with Crippen LogP contribution in [0.3, 0.4) is 0 Å². The Morgan fingerprint density at radius 2 is 1.71 bits per heavy atom. The Bertz CT molecular complexity index is 595. The monoisotopic (exact) mass is 306 g/mol. The van der Waals surface area contributed by atoms with Crippen LogP contribution >= 0.6 is 11.6 Å². The molecular formula is C16H15ClO4. The molecule has 0 fully saturated rings. The minimum atomic E-state index is -0.392. The smallest absolute Gasteiger partial charge is 0.314 e. The summed E-state index contributed by atoms with van der Waals surface area (Å²) in [5.41, 5.74) is 0. The van der Waals surface area contributed by atoms with Crippen LogP contribution < -0.4 is 14.2 Å². The molecule has 0 atom stereocenters. The molecule has 0 N–H and O–H groups in total. The lowest BCUT2D eigenvalue weighted by Gasteiger charge is -2.08. The number of para-hydroxylation sites is 1. The van der Waals surface area contributed by atoms with Gasteiger partial charge in [-0.2, -0.15) is 0 Å². The highest BCUT2D eigenvalue weighted by atomic mass is 35.5. The van der Waals surface area contributed by atoms with E-state index in [0.29, 0.717) is 16.5 Å². The van der Waals surface area contributed by atoms with E-state index in [1.165, 1.54) is 0 Å². The van der Waals surface area contributed by atoms with E-state index in [1.54, 1.807) is 55.6 Å². The predicted molar refractivity (Wildman–Crippen MR) is 80.2 cm³/mol. The average molecular weight is 307 g/mol. The van der Waals surface area contributed by atoms with Crippen molar-refractivity contribution in [1.29, 1.82) is 0 Å². The quantitative estimate of drug-likeness (QED) is 0.602. The second kappa shape index (κ2) is 7.55. The fraction of sp³-hybridized carbons (Fsp3) is 0.188. The summed E-state index contributed by atoms with van der Waals surface area (Å²) >= 11 is 5.91. The average Bonchev–Trinajstić information content (AvgIpc) is 2.50. The van der Waals surface area contributed by atoms with Crippen molar-refractivity contribution in [2.24, 2.45) is 0 Å². The third kappa shape index (κ3) is 4.68. The summed E-state index contributed by atoms with van der Waals surface area (Å²) in [4.78, 5) is 11.7. The molecule has 2 aromatic rings. The van der Waals surface area contributed by atoms with Crippen LogP contribution in [0.1, 0.15) is 6.42 Å². The number of methoxy groups -OCH3 is 1. The van der Waals surface area contributed by atoms with Gasteiger partial charge in [0.15, 0.2) is 0 Å². The van der Waals surface area contributed by atoms with Gasteiger partial charge in [-0.15, -0.1) is 0 Å². The Morgan fingerprint density at radius 1 is 1.05 bits per heavy atom. The maximum Gasteiger partial charge on any atom is 0.314 e. The molecule has 110 valence electrons. The number of rotatable bonds is 6. The molecule has 0 heterocycles. The Morgan fingerprint density at radius 3 is 2.38 bits per heavy atom. The van der Waals surface area contributed by atoms with E-state index in [1.807, 2.05) is 0 Å². The van der Waals surface area contributed by atoms with E-state index in [-0.39, 0.29) is 13.0 Å². The molecule has 0 unspecified atom stereocenters. The minimum Gasteiger partial charge on any atom is -0.497 e. The highest BCUT2D eigenvalue weighted by Gasteiger charge is 2.08. The lowest BCUT2D eigenvalue weighted by atomic mass is 10.3. The van der Waals surface area contributed by atoms with Crippen LogP contribution in [0.5, 0.6) is 17.2 Å². The number of esters is 1. The fourth-order valence-electron chi connectivity index (χ4n) is 1.63. The molecule has 4 nitrogen and oxygen atoms in total. The van der Waals surface area contributed by atoms with E-state index in [4.69, 9.17) is 25.8 Å². The zero-order valence-electron chi connectivity index (χ0n) is 11.5. The molecule has 0 bridgehead atoms. The van der Waals surface area contributed by atoms with Gasteiger partial charge in [0, 0.05) is 0 Å². The first-order valence-electron chi connectivity index (χ1n) is 6.41. The van der Waals surface area contributed by atoms with Gasteiger partial charge in [-0.1, -0.05) is 23.7 Å². The first kappa shape index (κ1) is 15.2. The van der Waals surface area contributed by atoms with Crippen LogP contribution in [-0.4, -0.2) is 19.7 Å². The van der Waals surface area contributed by atoms with Gasteiger partial charge in [0.2, 0.25) is 0 Å². The summed E-state index contributed by atoms with van der Waals surface area (Å²) in [6, 6.07) is 14.0. The number of ether oxygens (including phenoxy) is 3. The predicted octanol–water partition coefficient (Wildman–Crippen LogP) is 3.72. The SMILES string of the molecule is COc1ccc(OCCC(=O)Oc2ccccc2Cl)cc1. The Labute approximate surface area is 128 Å². The highest BCUT2D eigenvalue weighted by Crippen LogP contribution is 2.23. The van der Waals surface area contributed by atoms with Crippen molar-refractivity contribution in [2.45, 2.75) is 6.42 Å². The van der Waals surface area contributed by atoms with E-state index in [9.17, 15) is 4.79 Å². The number of carbonyl (C=O) groups is 1. The molecule has 0 aliphatic heterocycles. The topological polar surface area (TPSA) is 44.8 Å². The van der Waals surface area contributed by atoms with Gasteiger partial charge < -0.3 is 14.2 Å². The molecule has 0 aliphatic rings. The van der Waals surface area contributed by atoms with Crippen molar-refractivity contribution in [3.05, 3.63) is 53.6 Å². The van der Waals surface area contributed by atoms with Gasteiger partial charge in [0.1, 0.15) is 17.2 Å². The van der Waals surface area contributed by atoms with Gasteiger partial charge in [-0.25, -0.2) is 0 Å². The van der Waals surface area contributed by atoms with Crippen molar-refractivity contribution in [3.8, 4) is 17.2 Å². The lowest BCUT2D eigenvalue weighted by Crippen LogP contribution is -2.12. The summed E-state index contributed by atoms with van der Waals surface area (Å²) < 4.78 is 15.7. The van der Waals surface area contributed by atoms with Crippen LogP contribution in [0.2, 0.25) is 5.02 Å². The van der Waals surface area contributed by atoms with E-state index < -0.39 is 5.97 Å². The number of hydrogen-bond donors (Lipinski definition) is 0. The van der Waals surface area contributed by atoms with E-state index >= 15 is 0 Å². The third-order valence-corrected chi connectivity index (χ3v) is 3.01. The molecule has 21 heavy (non-hydrogen) atoms. The number of hydrogen-bond acceptors (Lipinski definition) is 4. The maximum atomic E-state index is 11.7. The van der Waals surface area contributed by atoms with Crippen LogP contribution in [0, 0.1) is 0 Å². The maximum absolute atomic E-state index is 11.7. The van der Waals surface area contributed by atoms with Crippen molar-refractivity contribution < 1.29 is 19.0 Å². The zero-order chi connectivity index (χ0) is 15.1. The van der Waals surface area contributed by atoms with Gasteiger partial charge in [-0.3, -0.25) is 4.79 Å². The van der Waals surface area contributed by atoms with Gasteiger partial charge in [-0.05, 0) is 36.4 Å². The van der Waals surface area contributed by atoms with Crippen molar-refractivity contribution in [1.82, 2.24) is 0 Å². The van der Waals surface area contributed by atoms with Crippen LogP contribution in [0.15, 0.2) is 48.5 Å². The highest BCUT2D eigenvalue weighted by molar-refractivity contribution is 6.32. The molecule has 0 spiro atoms. The van der Waals surface area contributed by atoms with Crippen LogP contribution in [0.4, 0.5) is 0 Å². The van der Waals surface area contributed by atoms with Crippen LogP contribution in [-0.2, 0) is 4.79 Å². The summed E-state index contributed by atoms with van der Waals surface area (Å²) in [7, 11) is 1.60. The first-order chi connectivity index (χ1) is 10.2. The zero-order valence-corrected chi connectivity index (χ0v) is 12.3. The van der Waals surface area contributed by atoms with E-state index in [2.05, 4.69) is 0 Å². The molecule has 0 radical (unpaired) electrons. The Hall–Kier alpha value is -2.20. The second-order valence-corrected chi connectivity index (χ2v) is 4.59. The number of carbonyl (C=O) groups excluding carboxylic acids is 1. The first-order valence-corrected chi connectivity index (χ1v) is 6.79. The third-order valence-electron chi connectivity index (χ3n) is 2.69.